The molecule has 1 heterocycles. The van der Waals surface area contributed by atoms with Crippen LogP contribution in [-0.2, 0) is 0 Å². The Morgan fingerprint density at radius 2 is 1.31 bits per heavy atom. The van der Waals surface area contributed by atoms with Gasteiger partial charge in [-0.15, -0.1) is 0 Å². The highest BCUT2D eigenvalue weighted by Crippen LogP contribution is 2.23. The van der Waals surface area contributed by atoms with Crippen LogP contribution in [0.1, 0.15) is 33.6 Å². The molecule has 1 aliphatic heterocycles. The lowest BCUT2D eigenvalue weighted by molar-refractivity contribution is 0.0792. The minimum absolute atomic E-state index is 0.0310. The van der Waals surface area contributed by atoms with Crippen molar-refractivity contribution < 1.29 is 14.3 Å². The number of carbonyl (C=O) groups is 2. The number of hydrogen-bond acceptors (Lipinski definition) is 3. The van der Waals surface area contributed by atoms with Gasteiger partial charge < -0.3 is 15.0 Å². The third-order valence-corrected chi connectivity index (χ3v) is 4.88. The lowest BCUT2D eigenvalue weighted by atomic mass is 10.1. The molecule has 3 aromatic rings. The van der Waals surface area contributed by atoms with E-state index < -0.39 is 0 Å². The lowest BCUT2D eigenvalue weighted by Gasteiger charge is -2.15. The Balaban J connectivity index is 1.36. The van der Waals surface area contributed by atoms with Crippen molar-refractivity contribution in [1.82, 2.24) is 4.90 Å². The molecule has 0 aliphatic carbocycles. The summed E-state index contributed by atoms with van der Waals surface area (Å²) in [5.41, 5.74) is 1.80. The third kappa shape index (κ3) is 4.63. The van der Waals surface area contributed by atoms with Crippen molar-refractivity contribution >= 4 is 17.5 Å². The van der Waals surface area contributed by atoms with E-state index in [-0.39, 0.29) is 11.8 Å². The summed E-state index contributed by atoms with van der Waals surface area (Å²) >= 11 is 0. The molecular weight excluding hydrogens is 364 g/mol. The summed E-state index contributed by atoms with van der Waals surface area (Å²) in [7, 11) is 0. The SMILES string of the molecule is O=C(Nc1ccc(Oc2ccccc2)cc1)c1ccc(C(=O)N2CCCC2)cc1. The van der Waals surface area contributed by atoms with Gasteiger partial charge in [-0.2, -0.15) is 0 Å². The molecule has 0 spiro atoms. The summed E-state index contributed by atoms with van der Waals surface area (Å²) in [6.45, 7) is 1.62. The molecule has 1 fully saturated rings. The van der Waals surface area contributed by atoms with Crippen molar-refractivity contribution in [2.75, 3.05) is 18.4 Å². The van der Waals surface area contributed by atoms with Crippen LogP contribution in [0.25, 0.3) is 0 Å². The molecule has 146 valence electrons. The maximum atomic E-state index is 12.5. The van der Waals surface area contributed by atoms with Gasteiger partial charge in [0.15, 0.2) is 0 Å². The van der Waals surface area contributed by atoms with Gasteiger partial charge in [0, 0.05) is 29.9 Å². The zero-order chi connectivity index (χ0) is 20.1. The molecule has 0 atom stereocenters. The molecule has 5 nitrogen and oxygen atoms in total. The normalized spacial score (nSPS) is 13.2. The first-order valence-corrected chi connectivity index (χ1v) is 9.73. The van der Waals surface area contributed by atoms with Crippen LogP contribution in [0.3, 0.4) is 0 Å². The number of amides is 2. The molecule has 0 radical (unpaired) electrons. The maximum Gasteiger partial charge on any atom is 0.255 e. The second-order valence-corrected chi connectivity index (χ2v) is 6.97. The highest BCUT2D eigenvalue weighted by Gasteiger charge is 2.19. The van der Waals surface area contributed by atoms with Gasteiger partial charge in [-0.25, -0.2) is 0 Å². The zero-order valence-corrected chi connectivity index (χ0v) is 16.0. The van der Waals surface area contributed by atoms with Gasteiger partial charge in [-0.1, -0.05) is 18.2 Å². The van der Waals surface area contributed by atoms with Crippen molar-refractivity contribution in [2.24, 2.45) is 0 Å². The average Bonchev–Trinajstić information content (AvgIpc) is 3.30. The standard InChI is InChI=1S/C24H22N2O3/c27-23(18-8-10-19(11-9-18)24(28)26-16-4-5-17-26)25-20-12-14-22(15-13-20)29-21-6-2-1-3-7-21/h1-3,6-15H,4-5,16-17H2,(H,25,27). The van der Waals surface area contributed by atoms with Crippen LogP contribution in [0, 0.1) is 0 Å². The summed E-state index contributed by atoms with van der Waals surface area (Å²) in [5, 5.41) is 2.86. The smallest absolute Gasteiger partial charge is 0.255 e. The minimum Gasteiger partial charge on any atom is -0.457 e. The maximum absolute atomic E-state index is 12.5. The molecule has 1 aliphatic rings. The number of ether oxygens (including phenoxy) is 1. The van der Waals surface area contributed by atoms with Gasteiger partial charge in [-0.3, -0.25) is 9.59 Å². The van der Waals surface area contributed by atoms with Crippen LogP contribution >= 0.6 is 0 Å². The summed E-state index contributed by atoms with van der Waals surface area (Å²) in [4.78, 5) is 26.7. The summed E-state index contributed by atoms with van der Waals surface area (Å²) in [6.07, 6.45) is 2.11. The lowest BCUT2D eigenvalue weighted by Crippen LogP contribution is -2.27. The van der Waals surface area contributed by atoms with E-state index in [0.717, 1.165) is 31.7 Å². The Morgan fingerprint density at radius 3 is 1.97 bits per heavy atom. The van der Waals surface area contributed by atoms with Crippen molar-refractivity contribution in [3.05, 3.63) is 90.0 Å². The van der Waals surface area contributed by atoms with E-state index in [1.807, 2.05) is 35.2 Å². The number of nitrogens with one attached hydrogen (secondary N) is 1. The molecular formula is C24H22N2O3. The van der Waals surface area contributed by atoms with Gasteiger partial charge in [-0.05, 0) is 73.5 Å². The number of likely N-dealkylation sites (tertiary alicyclic amines) is 1. The number of anilines is 1. The van der Waals surface area contributed by atoms with E-state index in [1.165, 1.54) is 0 Å². The number of hydrogen-bond donors (Lipinski definition) is 1. The summed E-state index contributed by atoms with van der Waals surface area (Å²) in [6, 6.07) is 23.5. The molecule has 0 unspecified atom stereocenters. The van der Waals surface area contributed by atoms with E-state index >= 15 is 0 Å². The third-order valence-electron chi connectivity index (χ3n) is 4.88. The van der Waals surface area contributed by atoms with Crippen LogP contribution in [0.5, 0.6) is 11.5 Å². The van der Waals surface area contributed by atoms with Crippen LogP contribution in [0.4, 0.5) is 5.69 Å². The fourth-order valence-corrected chi connectivity index (χ4v) is 3.30. The van der Waals surface area contributed by atoms with Crippen molar-refractivity contribution in [1.29, 1.82) is 0 Å². The number of nitrogens with zero attached hydrogens (tertiary/aromatic N) is 1. The highest BCUT2D eigenvalue weighted by atomic mass is 16.5. The molecule has 2 amide bonds. The Hall–Kier alpha value is -3.60. The van der Waals surface area contributed by atoms with Gasteiger partial charge in [0.1, 0.15) is 11.5 Å². The average molecular weight is 386 g/mol. The molecule has 0 bridgehead atoms. The van der Waals surface area contributed by atoms with Gasteiger partial charge >= 0.3 is 0 Å². The quantitative estimate of drug-likeness (QED) is 0.674. The molecule has 1 N–H and O–H groups in total. The Morgan fingerprint density at radius 1 is 0.724 bits per heavy atom. The molecule has 5 heteroatoms. The number of carbonyl (C=O) groups excluding carboxylic acids is 2. The van der Waals surface area contributed by atoms with Crippen LogP contribution in [-0.4, -0.2) is 29.8 Å². The summed E-state index contributed by atoms with van der Waals surface area (Å²) in [5.74, 6) is 1.26. The van der Waals surface area contributed by atoms with E-state index in [9.17, 15) is 9.59 Å². The Bertz CT molecular complexity index is 977. The van der Waals surface area contributed by atoms with Crippen molar-refractivity contribution in [3.63, 3.8) is 0 Å². The predicted molar refractivity (Wildman–Crippen MR) is 112 cm³/mol. The molecule has 29 heavy (non-hydrogen) atoms. The van der Waals surface area contributed by atoms with E-state index in [0.29, 0.717) is 22.6 Å². The monoisotopic (exact) mass is 386 g/mol. The number of para-hydroxylation sites is 1. The fourth-order valence-electron chi connectivity index (χ4n) is 3.30. The molecule has 4 rings (SSSR count). The first-order chi connectivity index (χ1) is 14.2. The first-order valence-electron chi connectivity index (χ1n) is 9.73. The number of rotatable bonds is 5. The molecule has 1 saturated heterocycles. The minimum atomic E-state index is -0.220. The topological polar surface area (TPSA) is 58.6 Å². The Kier molecular flexibility index (Phi) is 5.56. The van der Waals surface area contributed by atoms with Crippen molar-refractivity contribution in [3.8, 4) is 11.5 Å². The molecule has 3 aromatic carbocycles. The predicted octanol–water partition coefficient (Wildman–Crippen LogP) is 4.97. The second kappa shape index (κ2) is 8.61. The molecule has 0 saturated carbocycles. The summed E-state index contributed by atoms with van der Waals surface area (Å²) < 4.78 is 5.75. The van der Waals surface area contributed by atoms with Gasteiger partial charge in [0.05, 0.1) is 0 Å². The highest BCUT2D eigenvalue weighted by molar-refractivity contribution is 6.05. The van der Waals surface area contributed by atoms with E-state index in [4.69, 9.17) is 4.74 Å². The molecule has 0 aromatic heterocycles. The fraction of sp³-hybridized carbons (Fsp3) is 0.167. The van der Waals surface area contributed by atoms with E-state index in [1.54, 1.807) is 48.5 Å². The Labute approximate surface area is 169 Å². The largest absolute Gasteiger partial charge is 0.457 e. The van der Waals surface area contributed by atoms with Gasteiger partial charge in [0.2, 0.25) is 0 Å². The van der Waals surface area contributed by atoms with E-state index in [2.05, 4.69) is 5.32 Å². The van der Waals surface area contributed by atoms with Crippen LogP contribution < -0.4 is 10.1 Å². The van der Waals surface area contributed by atoms with Crippen LogP contribution in [0.15, 0.2) is 78.9 Å². The van der Waals surface area contributed by atoms with Crippen LogP contribution in [0.2, 0.25) is 0 Å². The first kappa shape index (κ1) is 18.7. The second-order valence-electron chi connectivity index (χ2n) is 6.97. The zero-order valence-electron chi connectivity index (χ0n) is 16.0. The van der Waals surface area contributed by atoms with Gasteiger partial charge in [0.25, 0.3) is 11.8 Å². The van der Waals surface area contributed by atoms with Crippen molar-refractivity contribution in [2.45, 2.75) is 12.8 Å². The number of benzene rings is 3.